The molecule has 1 heterocycles. The van der Waals surface area contributed by atoms with Crippen molar-refractivity contribution in [3.63, 3.8) is 0 Å². The monoisotopic (exact) mass is 443 g/mol. The van der Waals surface area contributed by atoms with E-state index in [1.54, 1.807) is 24.3 Å². The molecule has 1 aliphatic rings. The summed E-state index contributed by atoms with van der Waals surface area (Å²) in [7, 11) is -0.420. The van der Waals surface area contributed by atoms with Crippen LogP contribution in [0.2, 0.25) is 0 Å². The van der Waals surface area contributed by atoms with Crippen molar-refractivity contribution in [3.8, 4) is 5.75 Å². The number of aromatic hydroxyl groups is 1. The maximum absolute atomic E-state index is 12.5. The van der Waals surface area contributed by atoms with Gasteiger partial charge in [-0.25, -0.2) is 12.7 Å². The lowest BCUT2D eigenvalue weighted by Crippen LogP contribution is -2.57. The van der Waals surface area contributed by atoms with E-state index in [1.807, 2.05) is 30.3 Å². The standard InChI is InChI=1S/C24H33N3O3S/c1-6-14-26-16-19(3)27(17-18(26)2)24(21-8-7-9-22(28)15-21)20-10-12-23(13-11-20)31(29,30)25(4)5/h6-13,15,18-19,24,28H,1,14,16-17H2,2-5H3/t18-,19+,24-/m0/s1. The first-order valence-electron chi connectivity index (χ1n) is 10.6. The highest BCUT2D eigenvalue weighted by Crippen LogP contribution is 2.35. The number of benzene rings is 2. The van der Waals surface area contributed by atoms with Crippen LogP contribution in [0.4, 0.5) is 0 Å². The van der Waals surface area contributed by atoms with E-state index in [-0.39, 0.29) is 22.7 Å². The third-order valence-corrected chi connectivity index (χ3v) is 7.85. The zero-order valence-electron chi connectivity index (χ0n) is 18.8. The zero-order valence-corrected chi connectivity index (χ0v) is 19.6. The Morgan fingerprint density at radius 3 is 2.35 bits per heavy atom. The quantitative estimate of drug-likeness (QED) is 0.665. The van der Waals surface area contributed by atoms with E-state index in [1.165, 1.54) is 18.4 Å². The molecule has 7 heteroatoms. The summed E-state index contributed by atoms with van der Waals surface area (Å²) in [6.45, 7) is 10.9. The summed E-state index contributed by atoms with van der Waals surface area (Å²) in [5.74, 6) is 0.223. The third-order valence-electron chi connectivity index (χ3n) is 6.02. The van der Waals surface area contributed by atoms with Gasteiger partial charge in [0.15, 0.2) is 0 Å². The van der Waals surface area contributed by atoms with Gasteiger partial charge in [0.05, 0.1) is 10.9 Å². The van der Waals surface area contributed by atoms with Crippen molar-refractivity contribution in [1.29, 1.82) is 0 Å². The number of nitrogens with zero attached hydrogens (tertiary/aromatic N) is 3. The van der Waals surface area contributed by atoms with E-state index in [9.17, 15) is 13.5 Å². The van der Waals surface area contributed by atoms with Crippen LogP contribution in [0.1, 0.15) is 31.0 Å². The number of piperazine rings is 1. The summed E-state index contributed by atoms with van der Waals surface area (Å²) in [4.78, 5) is 5.13. The molecular formula is C24H33N3O3S. The van der Waals surface area contributed by atoms with Crippen molar-refractivity contribution in [2.75, 3.05) is 33.7 Å². The van der Waals surface area contributed by atoms with Crippen molar-refractivity contribution in [1.82, 2.24) is 14.1 Å². The van der Waals surface area contributed by atoms with E-state index in [2.05, 4.69) is 30.2 Å². The number of phenolic OH excluding ortho intramolecular Hbond substituents is 1. The highest BCUT2D eigenvalue weighted by Gasteiger charge is 2.34. The Bertz CT molecular complexity index is 1000. The highest BCUT2D eigenvalue weighted by molar-refractivity contribution is 7.89. The first-order valence-corrected chi connectivity index (χ1v) is 12.0. The number of rotatable bonds is 7. The molecule has 1 saturated heterocycles. The molecule has 0 spiro atoms. The van der Waals surface area contributed by atoms with Crippen LogP contribution in [0.3, 0.4) is 0 Å². The minimum atomic E-state index is -3.49. The van der Waals surface area contributed by atoms with Crippen LogP contribution in [0.5, 0.6) is 5.75 Å². The number of sulfonamides is 1. The second-order valence-electron chi connectivity index (χ2n) is 8.49. The molecule has 2 aromatic rings. The van der Waals surface area contributed by atoms with Crippen molar-refractivity contribution < 1.29 is 13.5 Å². The van der Waals surface area contributed by atoms with E-state index in [0.717, 1.165) is 30.8 Å². The number of hydrogen-bond donors (Lipinski definition) is 1. The minimum Gasteiger partial charge on any atom is -0.508 e. The fourth-order valence-corrected chi connectivity index (χ4v) is 5.21. The number of hydrogen-bond acceptors (Lipinski definition) is 5. The van der Waals surface area contributed by atoms with Crippen LogP contribution in [0.25, 0.3) is 0 Å². The highest BCUT2D eigenvalue weighted by atomic mass is 32.2. The van der Waals surface area contributed by atoms with Gasteiger partial charge in [0.1, 0.15) is 5.75 Å². The summed E-state index contributed by atoms with van der Waals surface area (Å²) in [6.07, 6.45) is 1.94. The average Bonchev–Trinajstić information content (AvgIpc) is 2.72. The largest absolute Gasteiger partial charge is 0.508 e. The summed E-state index contributed by atoms with van der Waals surface area (Å²) in [5, 5.41) is 10.1. The van der Waals surface area contributed by atoms with E-state index < -0.39 is 10.0 Å². The molecule has 0 bridgehead atoms. The van der Waals surface area contributed by atoms with Gasteiger partial charge in [-0.1, -0.05) is 30.3 Å². The smallest absolute Gasteiger partial charge is 0.242 e. The predicted molar refractivity (Wildman–Crippen MR) is 125 cm³/mol. The molecule has 0 aliphatic carbocycles. The maximum atomic E-state index is 12.5. The van der Waals surface area contributed by atoms with E-state index >= 15 is 0 Å². The second kappa shape index (κ2) is 9.53. The fourth-order valence-electron chi connectivity index (χ4n) is 4.31. The summed E-state index contributed by atoms with van der Waals surface area (Å²) >= 11 is 0. The molecule has 2 aromatic carbocycles. The number of phenols is 1. The minimum absolute atomic E-state index is 0.0912. The lowest BCUT2D eigenvalue weighted by Gasteiger charge is -2.47. The van der Waals surface area contributed by atoms with Gasteiger partial charge in [0, 0.05) is 45.8 Å². The predicted octanol–water partition coefficient (Wildman–Crippen LogP) is 3.31. The molecule has 1 fully saturated rings. The van der Waals surface area contributed by atoms with Gasteiger partial charge >= 0.3 is 0 Å². The molecule has 0 amide bonds. The van der Waals surface area contributed by atoms with Gasteiger partial charge in [-0.2, -0.15) is 0 Å². The Morgan fingerprint density at radius 2 is 1.77 bits per heavy atom. The molecule has 168 valence electrons. The molecule has 1 aliphatic heterocycles. The molecule has 1 N–H and O–H groups in total. The van der Waals surface area contributed by atoms with Crippen molar-refractivity contribution in [3.05, 3.63) is 72.3 Å². The molecule has 6 nitrogen and oxygen atoms in total. The summed E-state index contributed by atoms with van der Waals surface area (Å²) in [5.41, 5.74) is 1.99. The van der Waals surface area contributed by atoms with Gasteiger partial charge in [0.25, 0.3) is 0 Å². The van der Waals surface area contributed by atoms with Crippen LogP contribution in [0, 0.1) is 0 Å². The Kier molecular flexibility index (Phi) is 7.21. The van der Waals surface area contributed by atoms with Gasteiger partial charge in [-0.15, -0.1) is 6.58 Å². The lowest BCUT2D eigenvalue weighted by molar-refractivity contribution is 0.0306. The lowest BCUT2D eigenvalue weighted by atomic mass is 9.93. The van der Waals surface area contributed by atoms with Gasteiger partial charge in [0.2, 0.25) is 10.0 Å². The maximum Gasteiger partial charge on any atom is 0.242 e. The normalized spacial score (nSPS) is 21.8. The van der Waals surface area contributed by atoms with Gasteiger partial charge in [-0.3, -0.25) is 9.80 Å². The Morgan fingerprint density at radius 1 is 1.10 bits per heavy atom. The molecule has 0 aromatic heterocycles. The van der Waals surface area contributed by atoms with Crippen LogP contribution < -0.4 is 0 Å². The summed E-state index contributed by atoms with van der Waals surface area (Å²) in [6, 6.07) is 15.0. The SMILES string of the molecule is C=CCN1C[C@@H](C)N([C@@H](c2ccc(S(=O)(=O)N(C)C)cc2)c2cccc(O)c2)C[C@@H]1C. The van der Waals surface area contributed by atoms with Gasteiger partial charge in [-0.05, 0) is 49.2 Å². The first kappa shape index (κ1) is 23.5. The van der Waals surface area contributed by atoms with Crippen LogP contribution >= 0.6 is 0 Å². The Labute approximate surface area is 186 Å². The van der Waals surface area contributed by atoms with Crippen LogP contribution in [-0.4, -0.2) is 73.4 Å². The van der Waals surface area contributed by atoms with Gasteiger partial charge < -0.3 is 5.11 Å². The van der Waals surface area contributed by atoms with Crippen LogP contribution in [0.15, 0.2) is 66.1 Å². The molecule has 31 heavy (non-hydrogen) atoms. The molecule has 3 rings (SSSR count). The summed E-state index contributed by atoms with van der Waals surface area (Å²) < 4.78 is 26.2. The second-order valence-corrected chi connectivity index (χ2v) is 10.6. The molecule has 0 saturated carbocycles. The van der Waals surface area contributed by atoms with Crippen LogP contribution in [-0.2, 0) is 10.0 Å². The molecular weight excluding hydrogens is 410 g/mol. The topological polar surface area (TPSA) is 64.1 Å². The van der Waals surface area contributed by atoms with E-state index in [4.69, 9.17) is 0 Å². The van der Waals surface area contributed by atoms with E-state index in [0.29, 0.717) is 6.04 Å². The average molecular weight is 444 g/mol. The molecule has 3 atom stereocenters. The first-order chi connectivity index (χ1) is 14.6. The fraction of sp³-hybridized carbons (Fsp3) is 0.417. The van der Waals surface area contributed by atoms with Crippen molar-refractivity contribution >= 4 is 10.0 Å². The molecule has 0 unspecified atom stereocenters. The molecule has 0 radical (unpaired) electrons. The van der Waals surface area contributed by atoms with Crippen molar-refractivity contribution in [2.45, 2.75) is 36.9 Å². The van der Waals surface area contributed by atoms with Crippen molar-refractivity contribution in [2.24, 2.45) is 0 Å². The Balaban J connectivity index is 2.01. The third kappa shape index (κ3) is 5.01. The zero-order chi connectivity index (χ0) is 22.8. The Hall–Kier alpha value is -2.19.